The number of alkyl halides is 3. The highest BCUT2D eigenvalue weighted by Gasteiger charge is 2.51. The van der Waals surface area contributed by atoms with Crippen LogP contribution in [0.2, 0.25) is 0 Å². The average molecular weight is 494 g/mol. The number of ether oxygens (including phenoxy) is 2. The quantitative estimate of drug-likeness (QED) is 0.453. The molecular formula is C25H30BF3O6. The summed E-state index contributed by atoms with van der Waals surface area (Å²) >= 11 is 0. The Labute approximate surface area is 203 Å². The third-order valence-electron chi connectivity index (χ3n) is 5.97. The van der Waals surface area contributed by atoms with Crippen LogP contribution in [0.15, 0.2) is 36.4 Å². The molecule has 0 radical (unpaired) electrons. The number of carbonyl (C=O) groups is 1. The smallest absolute Gasteiger partial charge is 0.494 e. The second-order valence-corrected chi connectivity index (χ2v) is 10.4. The number of hydrogen-bond acceptors (Lipinski definition) is 6. The third-order valence-corrected chi connectivity index (χ3v) is 5.97. The fourth-order valence-electron chi connectivity index (χ4n) is 3.43. The summed E-state index contributed by atoms with van der Waals surface area (Å²) in [6, 6.07) is 8.82. The van der Waals surface area contributed by atoms with Crippen molar-refractivity contribution in [3.63, 3.8) is 0 Å². The Balaban J connectivity index is 1.78. The predicted molar refractivity (Wildman–Crippen MR) is 125 cm³/mol. The molecule has 1 heterocycles. The summed E-state index contributed by atoms with van der Waals surface area (Å²) in [5.74, 6) is -1.93. The van der Waals surface area contributed by atoms with Gasteiger partial charge in [0.25, 0.3) is 0 Å². The molecule has 0 saturated carbocycles. The summed E-state index contributed by atoms with van der Waals surface area (Å²) in [5, 5.41) is 10.3. The largest absolute Gasteiger partial charge is 0.506 e. The number of esters is 1. The molecule has 0 aliphatic carbocycles. The van der Waals surface area contributed by atoms with Gasteiger partial charge in [0.15, 0.2) is 0 Å². The Kier molecular flexibility index (Phi) is 6.96. The van der Waals surface area contributed by atoms with Gasteiger partial charge >= 0.3 is 19.3 Å². The molecule has 1 fully saturated rings. The number of benzene rings is 2. The Hall–Kier alpha value is -2.72. The second-order valence-electron chi connectivity index (χ2n) is 10.4. The van der Waals surface area contributed by atoms with Crippen molar-refractivity contribution in [1.82, 2.24) is 0 Å². The zero-order valence-electron chi connectivity index (χ0n) is 20.9. The fourth-order valence-corrected chi connectivity index (χ4v) is 3.43. The molecule has 190 valence electrons. The van der Waals surface area contributed by atoms with Gasteiger partial charge in [0.2, 0.25) is 0 Å². The lowest BCUT2D eigenvalue weighted by Crippen LogP contribution is -2.41. The van der Waals surface area contributed by atoms with Gasteiger partial charge in [-0.15, -0.1) is 0 Å². The molecule has 0 bridgehead atoms. The maximum absolute atomic E-state index is 13.8. The molecule has 0 amide bonds. The van der Waals surface area contributed by atoms with Crippen molar-refractivity contribution in [3.05, 3.63) is 53.1 Å². The molecule has 1 N–H and O–H groups in total. The van der Waals surface area contributed by atoms with Gasteiger partial charge in [0.05, 0.1) is 11.2 Å². The van der Waals surface area contributed by atoms with E-state index in [0.717, 1.165) is 17.6 Å². The van der Waals surface area contributed by atoms with Crippen LogP contribution in [0.3, 0.4) is 0 Å². The average Bonchev–Trinajstić information content (AvgIpc) is 2.91. The second kappa shape index (κ2) is 9.06. The zero-order valence-corrected chi connectivity index (χ0v) is 20.9. The monoisotopic (exact) mass is 494 g/mol. The lowest BCUT2D eigenvalue weighted by atomic mass is 9.79. The van der Waals surface area contributed by atoms with Crippen molar-refractivity contribution in [1.29, 1.82) is 0 Å². The molecule has 10 heteroatoms. The Morgan fingerprint density at radius 3 is 2.00 bits per heavy atom. The number of carbonyl (C=O) groups excluding carboxylic acids is 1. The molecule has 1 saturated heterocycles. The molecule has 3 rings (SSSR count). The molecule has 6 nitrogen and oxygen atoms in total. The summed E-state index contributed by atoms with van der Waals surface area (Å²) in [5.41, 5.74) is -3.43. The molecular weight excluding hydrogens is 464 g/mol. The Morgan fingerprint density at radius 2 is 1.51 bits per heavy atom. The number of hydrogen-bond donors (Lipinski definition) is 1. The van der Waals surface area contributed by atoms with E-state index >= 15 is 0 Å². The van der Waals surface area contributed by atoms with Crippen LogP contribution in [0.25, 0.3) is 0 Å². The lowest BCUT2D eigenvalue weighted by molar-refractivity contribution is -0.139. The summed E-state index contributed by atoms with van der Waals surface area (Å²) in [6.07, 6.45) is -4.92. The van der Waals surface area contributed by atoms with E-state index in [4.69, 9.17) is 18.8 Å². The lowest BCUT2D eigenvalue weighted by Gasteiger charge is -2.32. The maximum atomic E-state index is 13.8. The van der Waals surface area contributed by atoms with E-state index in [-0.39, 0.29) is 5.56 Å². The predicted octanol–water partition coefficient (Wildman–Crippen LogP) is 5.24. The minimum Gasteiger partial charge on any atom is -0.506 e. The molecule has 0 spiro atoms. The van der Waals surface area contributed by atoms with Crippen molar-refractivity contribution in [2.24, 2.45) is 0 Å². The van der Waals surface area contributed by atoms with Crippen molar-refractivity contribution < 1.29 is 41.9 Å². The molecule has 0 aromatic heterocycles. The molecule has 35 heavy (non-hydrogen) atoms. The van der Waals surface area contributed by atoms with Gasteiger partial charge in [0.1, 0.15) is 34.8 Å². The molecule has 2 aromatic carbocycles. The first-order valence-electron chi connectivity index (χ1n) is 11.1. The van der Waals surface area contributed by atoms with Gasteiger partial charge in [-0.05, 0) is 72.1 Å². The van der Waals surface area contributed by atoms with Crippen LogP contribution in [0.4, 0.5) is 13.2 Å². The van der Waals surface area contributed by atoms with E-state index < -0.39 is 59.6 Å². The molecule has 0 atom stereocenters. The van der Waals surface area contributed by atoms with Crippen LogP contribution in [0.1, 0.15) is 70.0 Å². The number of aromatic hydroxyl groups is 1. The van der Waals surface area contributed by atoms with Crippen LogP contribution in [0, 0.1) is 0 Å². The summed E-state index contributed by atoms with van der Waals surface area (Å²) < 4.78 is 64.0. The molecule has 1 aliphatic rings. The van der Waals surface area contributed by atoms with E-state index in [0.29, 0.717) is 5.75 Å². The van der Waals surface area contributed by atoms with E-state index in [9.17, 15) is 23.1 Å². The minimum absolute atomic E-state index is 0.314. The first-order chi connectivity index (χ1) is 15.9. The minimum atomic E-state index is -4.92. The van der Waals surface area contributed by atoms with Gasteiger partial charge in [-0.1, -0.05) is 18.2 Å². The summed E-state index contributed by atoms with van der Waals surface area (Å²) in [6.45, 7) is 12.0. The number of halogens is 3. The standard InChI is InChI=1S/C25H30BF3O6/c1-22(2,3)33-21(31)18-13-8-15(19(20(18)30)25(27,28)29)14-32-17-11-9-16(10-12-17)26-34-23(4,5)24(6,7)35-26/h8-13,30H,14H2,1-7H3. The highest BCUT2D eigenvalue weighted by molar-refractivity contribution is 6.62. The molecule has 1 aliphatic heterocycles. The fraction of sp³-hybridized carbons (Fsp3) is 0.480. The van der Waals surface area contributed by atoms with Crippen LogP contribution in [0.5, 0.6) is 11.5 Å². The van der Waals surface area contributed by atoms with Crippen molar-refractivity contribution in [2.45, 2.75) is 78.1 Å². The van der Waals surface area contributed by atoms with Gasteiger partial charge in [-0.3, -0.25) is 0 Å². The summed E-state index contributed by atoms with van der Waals surface area (Å²) in [4.78, 5) is 12.3. The first kappa shape index (κ1) is 26.9. The van der Waals surface area contributed by atoms with Gasteiger partial charge in [-0.2, -0.15) is 13.2 Å². The maximum Gasteiger partial charge on any atom is 0.494 e. The van der Waals surface area contributed by atoms with E-state index in [1.54, 1.807) is 45.0 Å². The highest BCUT2D eigenvalue weighted by atomic mass is 19.4. The SMILES string of the molecule is CC(C)(C)OC(=O)c1ccc(COc2ccc(B3OC(C)(C)C(C)(C)O3)cc2)c(C(F)(F)F)c1O. The highest BCUT2D eigenvalue weighted by Crippen LogP contribution is 2.41. The topological polar surface area (TPSA) is 74.2 Å². The number of phenols is 1. The summed E-state index contributed by atoms with van der Waals surface area (Å²) in [7, 11) is -0.580. The first-order valence-corrected chi connectivity index (χ1v) is 11.1. The molecule has 0 unspecified atom stereocenters. The number of rotatable bonds is 5. The Bertz CT molecular complexity index is 1070. The van der Waals surface area contributed by atoms with E-state index in [1.165, 1.54) is 0 Å². The molecule has 2 aromatic rings. The van der Waals surface area contributed by atoms with E-state index in [1.807, 2.05) is 27.7 Å². The van der Waals surface area contributed by atoms with Gasteiger partial charge < -0.3 is 23.9 Å². The van der Waals surface area contributed by atoms with Crippen molar-refractivity contribution in [3.8, 4) is 11.5 Å². The third kappa shape index (κ3) is 5.93. The van der Waals surface area contributed by atoms with Crippen molar-refractivity contribution >= 4 is 18.6 Å². The van der Waals surface area contributed by atoms with Crippen LogP contribution in [-0.4, -0.2) is 35.0 Å². The van der Waals surface area contributed by atoms with Crippen LogP contribution >= 0.6 is 0 Å². The zero-order chi connectivity index (χ0) is 26.4. The Morgan fingerprint density at radius 1 is 0.971 bits per heavy atom. The van der Waals surface area contributed by atoms with Crippen LogP contribution in [-0.2, 0) is 26.8 Å². The van der Waals surface area contributed by atoms with Crippen LogP contribution < -0.4 is 10.2 Å². The van der Waals surface area contributed by atoms with Crippen molar-refractivity contribution in [2.75, 3.05) is 0 Å². The van der Waals surface area contributed by atoms with E-state index in [2.05, 4.69) is 0 Å². The van der Waals surface area contributed by atoms with Gasteiger partial charge in [0, 0.05) is 5.56 Å². The normalized spacial score (nSPS) is 17.4. The van der Waals surface area contributed by atoms with Gasteiger partial charge in [-0.25, -0.2) is 4.79 Å². The number of phenolic OH excluding ortho intramolecular Hbond substituents is 1.